The van der Waals surface area contributed by atoms with E-state index in [0.29, 0.717) is 42.4 Å². The van der Waals surface area contributed by atoms with E-state index in [4.69, 9.17) is 33.2 Å². The molecule has 0 aromatic heterocycles. The van der Waals surface area contributed by atoms with E-state index in [1.165, 1.54) is 32.1 Å². The van der Waals surface area contributed by atoms with Crippen molar-refractivity contribution in [2.75, 3.05) is 0 Å². The molecule has 22 atom stereocenters. The van der Waals surface area contributed by atoms with Crippen LogP contribution < -0.4 is 5.32 Å². The molecule has 1 amide bonds. The average Bonchev–Trinajstić information content (AvgIpc) is 3.57. The minimum absolute atomic E-state index is 0.0693. The molecule has 5 N–H and O–H groups in total. The van der Waals surface area contributed by atoms with E-state index >= 15 is 0 Å². The lowest BCUT2D eigenvalue weighted by Crippen LogP contribution is -2.67. The van der Waals surface area contributed by atoms with E-state index < -0.39 is 73.8 Å². The largest absolute Gasteiger partial charge is 0.390 e. The van der Waals surface area contributed by atoms with Crippen molar-refractivity contribution in [2.45, 2.75) is 210 Å². The molecule has 0 spiro atoms. The highest BCUT2D eigenvalue weighted by atomic mass is 16.7. The Labute approximate surface area is 319 Å². The molecule has 4 saturated carbocycles. The first kappa shape index (κ1) is 38.5. The number of amides is 1. The second-order valence-electron chi connectivity index (χ2n) is 19.4. The molecule has 13 nitrogen and oxygen atoms in total. The van der Waals surface area contributed by atoms with Crippen molar-refractivity contribution in [1.29, 1.82) is 0 Å². The highest BCUT2D eigenvalue weighted by Gasteiger charge is 2.73. The van der Waals surface area contributed by atoms with Crippen molar-refractivity contribution < 1.29 is 58.4 Å². The van der Waals surface area contributed by atoms with Crippen LogP contribution in [0.15, 0.2) is 0 Å². The van der Waals surface area contributed by atoms with Gasteiger partial charge in [0.2, 0.25) is 5.91 Å². The summed E-state index contributed by atoms with van der Waals surface area (Å²) in [6.45, 7) is 10.4. The smallest absolute Gasteiger partial charge is 0.222 e. The molecule has 0 aromatic carbocycles. The summed E-state index contributed by atoms with van der Waals surface area (Å²) in [5.74, 6) is 2.76. The van der Waals surface area contributed by atoms with E-state index in [9.17, 15) is 25.2 Å². The zero-order chi connectivity index (χ0) is 37.9. The molecule has 0 radical (unpaired) electrons. The van der Waals surface area contributed by atoms with E-state index in [1.54, 1.807) is 13.8 Å². The highest BCUT2D eigenvalue weighted by Crippen LogP contribution is 2.73. The van der Waals surface area contributed by atoms with Crippen LogP contribution in [0, 0.1) is 40.4 Å². The quantitative estimate of drug-likeness (QED) is 0.251. The molecule has 13 heteroatoms. The maximum absolute atomic E-state index is 12.5. The first-order valence-corrected chi connectivity index (χ1v) is 21.3. The van der Waals surface area contributed by atoms with Crippen LogP contribution in [0.3, 0.4) is 0 Å². The Morgan fingerprint density at radius 3 is 1.93 bits per heavy atom. The summed E-state index contributed by atoms with van der Waals surface area (Å²) in [5.41, 5.74) is 0.252. The van der Waals surface area contributed by atoms with Crippen LogP contribution >= 0.6 is 0 Å². The normalized spacial score (nSPS) is 58.4. The second kappa shape index (κ2) is 14.1. The highest BCUT2D eigenvalue weighted by molar-refractivity contribution is 5.79. The fourth-order valence-electron chi connectivity index (χ4n) is 13.9. The lowest BCUT2D eigenvalue weighted by Gasteiger charge is -2.67. The van der Waals surface area contributed by atoms with Gasteiger partial charge in [-0.3, -0.25) is 4.79 Å². The first-order chi connectivity index (χ1) is 25.7. The van der Waals surface area contributed by atoms with Crippen molar-refractivity contribution in [3.05, 3.63) is 0 Å². The third-order valence-corrected chi connectivity index (χ3v) is 16.7. The Bertz CT molecular complexity index is 1370. The number of rotatable bonds is 6. The first-order valence-electron chi connectivity index (χ1n) is 21.3. The van der Waals surface area contributed by atoms with Crippen molar-refractivity contribution in [1.82, 2.24) is 5.32 Å². The summed E-state index contributed by atoms with van der Waals surface area (Å²) < 4.78 is 44.2. The van der Waals surface area contributed by atoms with Crippen molar-refractivity contribution in [2.24, 2.45) is 40.4 Å². The number of hydrogen-bond acceptors (Lipinski definition) is 12. The van der Waals surface area contributed by atoms with Gasteiger partial charge in [-0.05, 0) is 108 Å². The summed E-state index contributed by atoms with van der Waals surface area (Å²) in [7, 11) is 0. The maximum atomic E-state index is 12.5. The van der Waals surface area contributed by atoms with E-state index in [1.807, 2.05) is 6.92 Å². The predicted octanol–water partition coefficient (Wildman–Crippen LogP) is 3.26. The molecule has 2 bridgehead atoms. The third-order valence-electron chi connectivity index (χ3n) is 16.7. The van der Waals surface area contributed by atoms with Crippen molar-refractivity contribution in [3.8, 4) is 0 Å². The van der Waals surface area contributed by atoms with E-state index in [0.717, 1.165) is 25.7 Å². The van der Waals surface area contributed by atoms with Gasteiger partial charge in [-0.15, -0.1) is 0 Å². The van der Waals surface area contributed by atoms with Gasteiger partial charge < -0.3 is 58.9 Å². The predicted molar refractivity (Wildman–Crippen MR) is 191 cm³/mol. The fraction of sp³-hybridized carbons (Fsp3) is 0.976. The summed E-state index contributed by atoms with van der Waals surface area (Å²) in [4.78, 5) is 12.5. The number of carbonyl (C=O) groups excluding carboxylic acids is 1. The van der Waals surface area contributed by atoms with Crippen LogP contribution in [-0.4, -0.2) is 118 Å². The second-order valence-corrected chi connectivity index (χ2v) is 19.4. The van der Waals surface area contributed by atoms with Gasteiger partial charge >= 0.3 is 0 Å². The number of carbonyl (C=O) groups is 1. The Kier molecular flexibility index (Phi) is 10.1. The van der Waals surface area contributed by atoms with Crippen LogP contribution in [0.1, 0.15) is 118 Å². The Hall–Kier alpha value is -0.970. The number of aliphatic hydroxyl groups is 4. The van der Waals surface area contributed by atoms with Gasteiger partial charge in [0.05, 0.1) is 48.3 Å². The zero-order valence-electron chi connectivity index (χ0n) is 32.7. The average molecular weight is 764 g/mol. The molecule has 9 fully saturated rings. The molecule has 0 unspecified atom stereocenters. The molecule has 5 saturated heterocycles. The standard InChI is InChI=1S/C41H65NO12/c1-19-35(47)28(43)16-33(48-19)52-37-21(3)50-34(18-30(37)45)53-36-20(2)49-32(17-29(36)44)51-23-8-11-39(4)22(14-23)6-7-27-26(39)9-12-40(5)25-10-13-41(27,40)54-38-24(25)15-31(46)42-38/h19-30,32-38,43-45,47H,6-18H2,1-5H3,(H,42,46)/t19-,20-,21-,22-,23+,24+,25+,26-,27-,28+,29+,30+,32+,33+,34-,35-,36+,37+,38+,39+,40-,41+/m1/s1. The van der Waals surface area contributed by atoms with Gasteiger partial charge in [-0.2, -0.15) is 0 Å². The maximum Gasteiger partial charge on any atom is 0.222 e. The Morgan fingerprint density at radius 2 is 1.28 bits per heavy atom. The summed E-state index contributed by atoms with van der Waals surface area (Å²) in [6.07, 6.45) is 2.48. The summed E-state index contributed by atoms with van der Waals surface area (Å²) in [6, 6.07) is 0. The zero-order valence-corrected chi connectivity index (χ0v) is 32.7. The molecule has 9 aliphatic rings. The molecule has 0 aromatic rings. The van der Waals surface area contributed by atoms with Gasteiger partial charge in [0.15, 0.2) is 18.9 Å². The van der Waals surface area contributed by atoms with Gasteiger partial charge in [0.1, 0.15) is 24.5 Å². The molecular formula is C41H65NO12. The molecule has 9 rings (SSSR count). The summed E-state index contributed by atoms with van der Waals surface area (Å²) in [5, 5.41) is 45.7. The molecule has 306 valence electrons. The summed E-state index contributed by atoms with van der Waals surface area (Å²) >= 11 is 0. The lowest BCUT2D eigenvalue weighted by molar-refractivity contribution is -0.336. The molecule has 4 aliphatic carbocycles. The fourth-order valence-corrected chi connectivity index (χ4v) is 13.9. The van der Waals surface area contributed by atoms with Gasteiger partial charge in [-0.25, -0.2) is 0 Å². The number of ether oxygens (including phenoxy) is 7. The van der Waals surface area contributed by atoms with Gasteiger partial charge in [0.25, 0.3) is 0 Å². The van der Waals surface area contributed by atoms with Crippen LogP contribution in [0.5, 0.6) is 0 Å². The van der Waals surface area contributed by atoms with Gasteiger partial charge in [-0.1, -0.05) is 13.8 Å². The van der Waals surface area contributed by atoms with E-state index in [-0.39, 0.29) is 47.5 Å². The van der Waals surface area contributed by atoms with Crippen molar-refractivity contribution >= 4 is 5.91 Å². The third kappa shape index (κ3) is 6.16. The minimum atomic E-state index is -0.989. The monoisotopic (exact) mass is 763 g/mol. The van der Waals surface area contributed by atoms with Crippen LogP contribution in [0.25, 0.3) is 0 Å². The SMILES string of the molecule is C[C@H]1O[C@@H](O[C@@H]2[C@@H](O)C[C@@H](O[C@@H]3[C@@H](O)C[C@H](O[C@H]4CC[C@@]5(C)[C@H](CC[C@@H]6[C@H]5CC[C@]5(C)[C@H]7CC[C@]65O[C@@H]5NC(=O)C[C@H]57)C4)O[C@@H]3C)O[C@@H]2C)C[C@H](O)[C@@H]1O. The van der Waals surface area contributed by atoms with Gasteiger partial charge in [0, 0.05) is 37.0 Å². The minimum Gasteiger partial charge on any atom is -0.390 e. The number of aliphatic hydroxyl groups excluding tert-OH is 4. The van der Waals surface area contributed by atoms with Crippen LogP contribution in [0.4, 0.5) is 0 Å². The number of fused-ring (bicyclic) bond motifs is 5. The topological polar surface area (TPSA) is 175 Å². The number of hydrogen-bond donors (Lipinski definition) is 5. The van der Waals surface area contributed by atoms with Crippen LogP contribution in [-0.2, 0) is 38.0 Å². The Balaban J connectivity index is 0.776. The lowest BCUT2D eigenvalue weighted by atomic mass is 9.42. The Morgan fingerprint density at radius 1 is 0.667 bits per heavy atom. The molecular weight excluding hydrogens is 698 g/mol. The van der Waals surface area contributed by atoms with Crippen LogP contribution in [0.2, 0.25) is 0 Å². The van der Waals surface area contributed by atoms with Crippen molar-refractivity contribution in [3.63, 3.8) is 0 Å². The molecule has 54 heavy (non-hydrogen) atoms. The number of nitrogens with one attached hydrogen (secondary N) is 1. The molecule has 5 aliphatic heterocycles. The molecule has 5 heterocycles. The van der Waals surface area contributed by atoms with E-state index in [2.05, 4.69) is 19.2 Å².